The first-order valence-electron chi connectivity index (χ1n) is 13.8. The molecule has 0 radical (unpaired) electrons. The number of benzene rings is 6. The van der Waals surface area contributed by atoms with Crippen LogP contribution in [0.1, 0.15) is 22.6 Å². The molecular formula is C37H24BN. The van der Waals surface area contributed by atoms with Crippen LogP contribution in [0.4, 0.5) is 0 Å². The van der Waals surface area contributed by atoms with Gasteiger partial charge in [0.15, 0.2) is 0 Å². The van der Waals surface area contributed by atoms with Gasteiger partial charge >= 0.3 is 0 Å². The molecule has 0 saturated heterocycles. The van der Waals surface area contributed by atoms with E-state index in [2.05, 4.69) is 144 Å². The average molecular weight is 493 g/mol. The molecule has 0 fully saturated rings. The van der Waals surface area contributed by atoms with Crippen molar-refractivity contribution in [2.75, 3.05) is 0 Å². The quantitative estimate of drug-likeness (QED) is 0.234. The molecule has 39 heavy (non-hydrogen) atoms. The van der Waals surface area contributed by atoms with Crippen molar-refractivity contribution in [1.82, 2.24) is 4.57 Å². The molecule has 2 aliphatic rings. The van der Waals surface area contributed by atoms with Crippen molar-refractivity contribution in [3.05, 3.63) is 156 Å². The molecule has 0 amide bonds. The molecule has 0 spiro atoms. The van der Waals surface area contributed by atoms with Crippen LogP contribution in [0.15, 0.2) is 140 Å². The van der Waals surface area contributed by atoms with Crippen LogP contribution < -0.4 is 16.4 Å². The van der Waals surface area contributed by atoms with Crippen molar-refractivity contribution in [3.8, 4) is 16.8 Å². The van der Waals surface area contributed by atoms with Gasteiger partial charge in [0.25, 0.3) is 0 Å². The van der Waals surface area contributed by atoms with E-state index >= 15 is 0 Å². The normalized spacial score (nSPS) is 14.9. The maximum absolute atomic E-state index is 2.50. The summed E-state index contributed by atoms with van der Waals surface area (Å²) in [5.74, 6) is 0.246. The van der Waals surface area contributed by atoms with Crippen LogP contribution >= 0.6 is 0 Å². The molecular weight excluding hydrogens is 469 g/mol. The first-order chi connectivity index (χ1) is 19.4. The Hall–Kier alpha value is -4.82. The van der Waals surface area contributed by atoms with Crippen LogP contribution in [0.3, 0.4) is 0 Å². The summed E-state index contributed by atoms with van der Waals surface area (Å²) in [5.41, 5.74) is 15.1. The molecule has 0 bridgehead atoms. The predicted octanol–water partition coefficient (Wildman–Crippen LogP) is 6.77. The second kappa shape index (κ2) is 7.85. The lowest BCUT2D eigenvalue weighted by molar-refractivity contribution is 1.02. The SMILES string of the molecule is c1ccc(B2c3ccccc3C3c4ccccc4-c4c(-n5c6ccccc6c6ccccc65)ccc2c43)cc1. The van der Waals surface area contributed by atoms with Gasteiger partial charge in [-0.2, -0.15) is 0 Å². The second-order valence-electron chi connectivity index (χ2n) is 10.8. The van der Waals surface area contributed by atoms with Gasteiger partial charge in [-0.1, -0.05) is 138 Å². The Bertz CT molecular complexity index is 2030. The number of fused-ring (bicyclic) bond motifs is 8. The van der Waals surface area contributed by atoms with Crippen LogP contribution in [-0.4, -0.2) is 11.3 Å². The molecule has 6 aromatic carbocycles. The minimum absolute atomic E-state index is 0.217. The minimum Gasteiger partial charge on any atom is -0.309 e. The lowest BCUT2D eigenvalue weighted by Gasteiger charge is -2.32. The van der Waals surface area contributed by atoms with Gasteiger partial charge < -0.3 is 4.57 Å². The number of nitrogens with zero attached hydrogens (tertiary/aromatic N) is 1. The molecule has 1 aliphatic carbocycles. The summed E-state index contributed by atoms with van der Waals surface area (Å²) in [4.78, 5) is 0. The van der Waals surface area contributed by atoms with E-state index in [0.29, 0.717) is 0 Å². The zero-order valence-corrected chi connectivity index (χ0v) is 21.4. The van der Waals surface area contributed by atoms with E-state index in [1.807, 2.05) is 0 Å². The highest BCUT2D eigenvalue weighted by Crippen LogP contribution is 2.51. The number of para-hydroxylation sites is 2. The Morgan fingerprint density at radius 2 is 1.10 bits per heavy atom. The van der Waals surface area contributed by atoms with E-state index in [1.54, 1.807) is 0 Å². The van der Waals surface area contributed by atoms with Crippen LogP contribution in [0.5, 0.6) is 0 Å². The van der Waals surface area contributed by atoms with Gasteiger partial charge in [-0.3, -0.25) is 0 Å². The topological polar surface area (TPSA) is 4.93 Å². The number of aromatic nitrogens is 1. The predicted molar refractivity (Wildman–Crippen MR) is 165 cm³/mol. The van der Waals surface area contributed by atoms with Crippen molar-refractivity contribution in [3.63, 3.8) is 0 Å². The zero-order chi connectivity index (χ0) is 25.5. The zero-order valence-electron chi connectivity index (χ0n) is 21.4. The highest BCUT2D eigenvalue weighted by atomic mass is 15.0. The Morgan fingerprint density at radius 1 is 0.487 bits per heavy atom. The summed E-state index contributed by atoms with van der Waals surface area (Å²) < 4.78 is 2.50. The number of rotatable bonds is 2. The highest BCUT2D eigenvalue weighted by Gasteiger charge is 2.43. The molecule has 0 saturated carbocycles. The standard InChI is InChI=1S/C37H24BN/c1-2-12-24(13-3-1)38-30-19-9-6-18-29(30)35-27-16-4-5-17-28(27)36-34(23-22-31(38)37(35)36)39-32-20-10-7-14-25(32)26-15-8-11-21-33(26)39/h1-23,35H. The number of hydrogen-bond donors (Lipinski definition) is 0. The monoisotopic (exact) mass is 493 g/mol. The molecule has 1 atom stereocenters. The fraction of sp³-hybridized carbons (Fsp3) is 0.0270. The van der Waals surface area contributed by atoms with Gasteiger partial charge in [0.2, 0.25) is 6.71 Å². The van der Waals surface area contributed by atoms with Gasteiger partial charge in [0, 0.05) is 22.3 Å². The van der Waals surface area contributed by atoms with Gasteiger partial charge in [0.05, 0.1) is 16.7 Å². The third kappa shape index (κ3) is 2.76. The first kappa shape index (κ1) is 21.2. The third-order valence-corrected chi connectivity index (χ3v) is 8.97. The van der Waals surface area contributed by atoms with Crippen LogP contribution in [0.2, 0.25) is 0 Å². The molecule has 2 heterocycles. The summed E-state index contributed by atoms with van der Waals surface area (Å²) in [6, 6.07) is 51.7. The first-order valence-corrected chi connectivity index (χ1v) is 13.8. The lowest BCUT2D eigenvalue weighted by atomic mass is 9.32. The van der Waals surface area contributed by atoms with Gasteiger partial charge in [-0.25, -0.2) is 0 Å². The van der Waals surface area contributed by atoms with E-state index in [9.17, 15) is 0 Å². The Balaban J connectivity index is 1.44. The van der Waals surface area contributed by atoms with E-state index in [-0.39, 0.29) is 12.6 Å². The molecule has 1 aliphatic heterocycles. The van der Waals surface area contributed by atoms with E-state index in [1.165, 1.54) is 71.7 Å². The third-order valence-electron chi connectivity index (χ3n) is 8.97. The largest absolute Gasteiger partial charge is 0.309 e. The van der Waals surface area contributed by atoms with Gasteiger partial charge in [0.1, 0.15) is 0 Å². The summed E-state index contributed by atoms with van der Waals surface area (Å²) in [6.45, 7) is 0.217. The fourth-order valence-corrected chi connectivity index (χ4v) is 7.50. The molecule has 2 heteroatoms. The summed E-state index contributed by atoms with van der Waals surface area (Å²) in [6.07, 6.45) is 0. The molecule has 1 nitrogen and oxygen atoms in total. The summed E-state index contributed by atoms with van der Waals surface area (Å²) >= 11 is 0. The van der Waals surface area contributed by atoms with Crippen molar-refractivity contribution in [1.29, 1.82) is 0 Å². The van der Waals surface area contributed by atoms with Gasteiger partial charge in [-0.15, -0.1) is 0 Å². The maximum Gasteiger partial charge on any atom is 0.242 e. The fourth-order valence-electron chi connectivity index (χ4n) is 7.50. The van der Waals surface area contributed by atoms with Crippen molar-refractivity contribution in [2.45, 2.75) is 5.92 Å². The van der Waals surface area contributed by atoms with Crippen LogP contribution in [0, 0.1) is 0 Å². The van der Waals surface area contributed by atoms with Gasteiger partial charge in [-0.05, 0) is 40.5 Å². The molecule has 1 unspecified atom stereocenters. The molecule has 180 valence electrons. The van der Waals surface area contributed by atoms with Crippen LogP contribution in [-0.2, 0) is 0 Å². The second-order valence-corrected chi connectivity index (χ2v) is 10.8. The smallest absolute Gasteiger partial charge is 0.242 e. The average Bonchev–Trinajstić information content (AvgIpc) is 3.53. The highest BCUT2D eigenvalue weighted by molar-refractivity contribution is 6.96. The maximum atomic E-state index is 2.50. The van der Waals surface area contributed by atoms with Crippen LogP contribution in [0.25, 0.3) is 38.6 Å². The molecule has 1 aromatic heterocycles. The lowest BCUT2D eigenvalue weighted by Crippen LogP contribution is -2.57. The van der Waals surface area contributed by atoms with Crippen molar-refractivity contribution in [2.24, 2.45) is 0 Å². The van der Waals surface area contributed by atoms with Crippen molar-refractivity contribution >= 4 is 44.9 Å². The van der Waals surface area contributed by atoms with E-state index in [0.717, 1.165) is 0 Å². The Kier molecular flexibility index (Phi) is 4.26. The number of hydrogen-bond acceptors (Lipinski definition) is 0. The molecule has 9 rings (SSSR count). The molecule has 7 aromatic rings. The van der Waals surface area contributed by atoms with E-state index in [4.69, 9.17) is 0 Å². The summed E-state index contributed by atoms with van der Waals surface area (Å²) in [5, 5.41) is 2.60. The minimum atomic E-state index is 0.217. The Morgan fingerprint density at radius 3 is 1.87 bits per heavy atom. The molecule has 0 N–H and O–H groups in total. The van der Waals surface area contributed by atoms with E-state index < -0.39 is 0 Å². The Labute approximate surface area is 228 Å². The summed E-state index contributed by atoms with van der Waals surface area (Å²) in [7, 11) is 0. The van der Waals surface area contributed by atoms with Crippen molar-refractivity contribution < 1.29 is 0 Å².